The molecule has 0 saturated carbocycles. The molecule has 71 heavy (non-hydrogen) atoms. The fraction of sp³-hybridized carbons (Fsp3) is 0.434. The minimum atomic E-state index is -0.988. The molecule has 1 aliphatic carbocycles. The van der Waals surface area contributed by atoms with Crippen LogP contribution in [0, 0.1) is 5.41 Å². The molecular weight excluding hydrogens is 903 g/mol. The lowest BCUT2D eigenvalue weighted by Crippen LogP contribution is -2.57. The van der Waals surface area contributed by atoms with E-state index in [9.17, 15) is 29.1 Å². The van der Waals surface area contributed by atoms with Crippen LogP contribution in [0.5, 0.6) is 5.88 Å². The van der Waals surface area contributed by atoms with Crippen LogP contribution in [-0.4, -0.2) is 128 Å². The number of aliphatic hydroxyl groups excluding tert-OH is 1. The topological polar surface area (TPSA) is 199 Å². The second-order valence-electron chi connectivity index (χ2n) is 20.6. The average molecular weight is 962 g/mol. The van der Waals surface area contributed by atoms with E-state index in [0.717, 1.165) is 74.7 Å². The quantitative estimate of drug-likeness (QED) is 0.148. The summed E-state index contributed by atoms with van der Waals surface area (Å²) in [5.41, 5.74) is 8.40. The number of hydrogen-bond acceptors (Lipinski definition) is 14. The van der Waals surface area contributed by atoms with Crippen molar-refractivity contribution in [2.45, 2.75) is 97.0 Å². The number of imide groups is 2. The Kier molecular flexibility index (Phi) is 11.7. The van der Waals surface area contributed by atoms with Gasteiger partial charge < -0.3 is 29.5 Å². The van der Waals surface area contributed by atoms with Crippen LogP contribution < -0.4 is 30.1 Å². The highest BCUT2D eigenvalue weighted by Crippen LogP contribution is 2.42. The number of carbonyl (C=O) groups is 5. The number of nitrogens with one attached hydrogen (secondary N) is 2. The van der Waals surface area contributed by atoms with Gasteiger partial charge >= 0.3 is 0 Å². The SMILES string of the molecule is COc1ncc(-c2ccnc(N3CCn4c(cc5c4CC(C)(C)C5)C3=O)c2[C@H](C)O)cc1Nc1ccc(N2CCN(C3CCN(c4ccc5c(c4)C(=O)N([C@H]4CCC(=O)NC4=O)C5=O)CC3)C[C@@H]2C)cn1. The van der Waals surface area contributed by atoms with Gasteiger partial charge in [0.1, 0.15) is 29.1 Å². The predicted molar refractivity (Wildman–Crippen MR) is 266 cm³/mol. The van der Waals surface area contributed by atoms with Gasteiger partial charge in [0.05, 0.1) is 36.2 Å². The predicted octanol–water partition coefficient (Wildman–Crippen LogP) is 5.51. The van der Waals surface area contributed by atoms with Crippen LogP contribution >= 0.6 is 0 Å². The molecule has 11 rings (SSSR count). The van der Waals surface area contributed by atoms with Crippen molar-refractivity contribution in [3.8, 4) is 17.0 Å². The number of carbonyl (C=O) groups excluding carboxylic acids is 5. The highest BCUT2D eigenvalue weighted by atomic mass is 16.5. The van der Waals surface area contributed by atoms with E-state index in [2.05, 4.69) is 66.7 Å². The number of anilines is 5. The Morgan fingerprint density at radius 3 is 2.34 bits per heavy atom. The zero-order chi connectivity index (χ0) is 49.5. The van der Waals surface area contributed by atoms with Crippen molar-refractivity contribution in [2.75, 3.05) is 66.4 Å². The second-order valence-corrected chi connectivity index (χ2v) is 20.6. The van der Waals surface area contributed by atoms with Gasteiger partial charge in [0.2, 0.25) is 17.7 Å². The molecule has 3 saturated heterocycles. The Morgan fingerprint density at radius 1 is 0.817 bits per heavy atom. The molecule has 3 N–H and O–H groups in total. The van der Waals surface area contributed by atoms with E-state index in [1.165, 1.54) is 11.3 Å². The summed E-state index contributed by atoms with van der Waals surface area (Å²) in [5, 5.41) is 17.0. The molecule has 0 radical (unpaired) electrons. The van der Waals surface area contributed by atoms with Gasteiger partial charge in [-0.1, -0.05) is 13.8 Å². The Labute approximate surface area is 412 Å². The number of amides is 5. The van der Waals surface area contributed by atoms with Crippen molar-refractivity contribution < 1.29 is 33.8 Å². The first-order chi connectivity index (χ1) is 34.2. The molecule has 6 aliphatic rings. The number of hydrogen-bond donors (Lipinski definition) is 3. The Balaban J connectivity index is 0.724. The highest BCUT2D eigenvalue weighted by Gasteiger charge is 2.45. The minimum absolute atomic E-state index is 0.0821. The number of ether oxygens (including phenoxy) is 1. The molecule has 3 fully saturated rings. The molecule has 5 aliphatic heterocycles. The molecule has 5 amide bonds. The molecule has 18 heteroatoms. The molecule has 1 aromatic carbocycles. The monoisotopic (exact) mass is 961 g/mol. The number of benzene rings is 1. The number of pyridine rings is 3. The molecule has 0 bridgehead atoms. The molecule has 9 heterocycles. The molecule has 3 atom stereocenters. The first-order valence-electron chi connectivity index (χ1n) is 24.7. The standard InChI is InChI=1S/C53H59N11O7/c1-30-29-60(34-13-16-59(17-14-34)35-6-8-38-39(24-35)51(69)64(50(38)68)41-9-11-45(66)58-48(41)67)18-19-61(30)36-7-10-44(55-28-36)57-40-22-33(27-56-49(40)71-5)37-12-15-54-47(46(37)31(2)65)63-21-20-62-42(52(63)70)23-32-25-53(3,4)26-43(32)62/h6-8,10,12,15,22-24,27-28,30-31,34,41,65H,9,11,13-14,16-21,25-26,29H2,1-5H3,(H,55,57)(H,58,66,67)/t30-,31-,41-/m0/s1. The Hall–Kier alpha value is -7.18. The number of aromatic nitrogens is 4. The maximum Gasteiger partial charge on any atom is 0.276 e. The fourth-order valence-corrected chi connectivity index (χ4v) is 11.9. The Bertz CT molecular complexity index is 3000. The lowest BCUT2D eigenvalue weighted by Gasteiger charge is -2.46. The summed E-state index contributed by atoms with van der Waals surface area (Å²) in [5.74, 6) is -0.695. The van der Waals surface area contributed by atoms with Crippen molar-refractivity contribution in [2.24, 2.45) is 5.41 Å². The van der Waals surface area contributed by atoms with Crippen molar-refractivity contribution in [3.05, 3.63) is 101 Å². The van der Waals surface area contributed by atoms with Crippen LogP contribution in [-0.2, 0) is 29.0 Å². The van der Waals surface area contributed by atoms with Gasteiger partial charge in [-0.05, 0) is 111 Å². The first kappa shape index (κ1) is 46.2. The number of piperazine rings is 1. The van der Waals surface area contributed by atoms with Gasteiger partial charge in [0.15, 0.2) is 0 Å². The van der Waals surface area contributed by atoms with Crippen molar-refractivity contribution in [3.63, 3.8) is 0 Å². The number of rotatable bonds is 10. The number of fused-ring (bicyclic) bond motifs is 4. The molecule has 0 unspecified atom stereocenters. The van der Waals surface area contributed by atoms with Gasteiger partial charge in [0.25, 0.3) is 17.7 Å². The second kappa shape index (κ2) is 17.9. The van der Waals surface area contributed by atoms with Crippen LogP contribution in [0.2, 0.25) is 0 Å². The first-order valence-corrected chi connectivity index (χ1v) is 24.7. The minimum Gasteiger partial charge on any atom is -0.480 e. The van der Waals surface area contributed by atoms with Gasteiger partial charge in [0, 0.05) is 99.2 Å². The van der Waals surface area contributed by atoms with Crippen LogP contribution in [0.15, 0.2) is 67.1 Å². The molecule has 0 spiro atoms. The van der Waals surface area contributed by atoms with Crippen molar-refractivity contribution in [1.29, 1.82) is 0 Å². The number of nitrogens with zero attached hydrogens (tertiary/aromatic N) is 9. The lowest BCUT2D eigenvalue weighted by atomic mass is 9.90. The summed E-state index contributed by atoms with van der Waals surface area (Å²) in [6.45, 7) is 13.8. The maximum atomic E-state index is 14.1. The fourth-order valence-electron chi connectivity index (χ4n) is 11.9. The third-order valence-corrected chi connectivity index (χ3v) is 15.4. The number of methoxy groups -OCH3 is 1. The van der Waals surface area contributed by atoms with E-state index in [0.29, 0.717) is 70.3 Å². The number of piperidine rings is 2. The van der Waals surface area contributed by atoms with Gasteiger partial charge in [-0.15, -0.1) is 0 Å². The summed E-state index contributed by atoms with van der Waals surface area (Å²) in [6.07, 6.45) is 8.34. The van der Waals surface area contributed by atoms with E-state index >= 15 is 0 Å². The van der Waals surface area contributed by atoms with Crippen molar-refractivity contribution in [1.82, 2.24) is 34.6 Å². The smallest absolute Gasteiger partial charge is 0.276 e. The van der Waals surface area contributed by atoms with Gasteiger partial charge in [-0.3, -0.25) is 44.0 Å². The third kappa shape index (κ3) is 8.25. The summed E-state index contributed by atoms with van der Waals surface area (Å²) >= 11 is 0. The summed E-state index contributed by atoms with van der Waals surface area (Å²) in [6, 6.07) is 14.8. The maximum absolute atomic E-state index is 14.1. The summed E-state index contributed by atoms with van der Waals surface area (Å²) < 4.78 is 7.86. The van der Waals surface area contributed by atoms with E-state index in [1.807, 2.05) is 36.5 Å². The average Bonchev–Trinajstić information content (AvgIpc) is 3.95. The van der Waals surface area contributed by atoms with E-state index < -0.39 is 35.8 Å². The third-order valence-electron chi connectivity index (χ3n) is 15.4. The zero-order valence-electron chi connectivity index (χ0n) is 40.8. The molecule has 18 nitrogen and oxygen atoms in total. The van der Waals surface area contributed by atoms with Crippen LogP contribution in [0.25, 0.3) is 11.1 Å². The molecule has 5 aromatic rings. The Morgan fingerprint density at radius 2 is 1.61 bits per heavy atom. The van der Waals surface area contributed by atoms with E-state index in [4.69, 9.17) is 9.72 Å². The van der Waals surface area contributed by atoms with E-state index in [1.54, 1.807) is 43.5 Å². The highest BCUT2D eigenvalue weighted by molar-refractivity contribution is 6.23. The van der Waals surface area contributed by atoms with Gasteiger partial charge in [-0.25, -0.2) is 15.0 Å². The summed E-state index contributed by atoms with van der Waals surface area (Å²) in [7, 11) is 1.57. The van der Waals surface area contributed by atoms with E-state index in [-0.39, 0.29) is 35.8 Å². The zero-order valence-corrected chi connectivity index (χ0v) is 40.8. The van der Waals surface area contributed by atoms with Gasteiger partial charge in [-0.2, -0.15) is 0 Å². The molecular formula is C53H59N11O7. The van der Waals surface area contributed by atoms with Crippen LogP contribution in [0.4, 0.5) is 28.7 Å². The van der Waals surface area contributed by atoms with Crippen LogP contribution in [0.3, 0.4) is 0 Å². The normalized spacial score (nSPS) is 21.9. The largest absolute Gasteiger partial charge is 0.480 e. The molecule has 368 valence electrons. The van der Waals surface area contributed by atoms with Crippen molar-refractivity contribution >= 4 is 58.2 Å². The lowest BCUT2D eigenvalue weighted by molar-refractivity contribution is -0.136. The molecule has 4 aromatic heterocycles. The van der Waals surface area contributed by atoms with Crippen LogP contribution in [0.1, 0.15) is 108 Å². The number of aliphatic hydroxyl groups is 1. The summed E-state index contributed by atoms with van der Waals surface area (Å²) in [4.78, 5) is 89.2.